The van der Waals surface area contributed by atoms with Crippen LogP contribution in [-0.4, -0.2) is 26.8 Å². The molecule has 0 saturated heterocycles. The summed E-state index contributed by atoms with van der Waals surface area (Å²) in [5.41, 5.74) is 0.396. The van der Waals surface area contributed by atoms with Crippen LogP contribution in [0, 0.1) is 0 Å². The second kappa shape index (κ2) is 7.47. The third-order valence-corrected chi connectivity index (χ3v) is 5.11. The highest BCUT2D eigenvalue weighted by Crippen LogP contribution is 2.26. The zero-order chi connectivity index (χ0) is 14.5. The predicted octanol–water partition coefficient (Wildman–Crippen LogP) is 3.23. The molecule has 1 unspecified atom stereocenters. The van der Waals surface area contributed by atoms with E-state index in [1.165, 1.54) is 0 Å². The molecule has 0 fully saturated rings. The Balaban J connectivity index is 2.73. The summed E-state index contributed by atoms with van der Waals surface area (Å²) < 4.78 is 27.5. The molecule has 1 aromatic carbocycles. The van der Waals surface area contributed by atoms with Crippen LogP contribution in [0.4, 0.5) is 5.69 Å². The van der Waals surface area contributed by atoms with Crippen LogP contribution in [0.25, 0.3) is 0 Å². The van der Waals surface area contributed by atoms with Gasteiger partial charge in [0.15, 0.2) is 0 Å². The van der Waals surface area contributed by atoms with Crippen molar-refractivity contribution in [2.24, 2.45) is 0 Å². The van der Waals surface area contributed by atoms with E-state index in [4.69, 9.17) is 11.6 Å². The van der Waals surface area contributed by atoms with E-state index in [1.807, 2.05) is 6.92 Å². The first-order chi connectivity index (χ1) is 8.86. The summed E-state index contributed by atoms with van der Waals surface area (Å²) in [5.74, 6) is 0. The molecule has 1 aromatic rings. The lowest BCUT2D eigenvalue weighted by Crippen LogP contribution is -2.35. The number of hydrogen-bond acceptors (Lipinski definition) is 3. The SMILES string of the molecule is CCCNCC(C)S(=O)(=O)Nc1ccc(Br)cc1Cl. The highest BCUT2D eigenvalue weighted by Gasteiger charge is 2.21. The van der Waals surface area contributed by atoms with Gasteiger partial charge in [0.2, 0.25) is 10.0 Å². The molecule has 0 aliphatic carbocycles. The first-order valence-electron chi connectivity index (χ1n) is 6.04. The van der Waals surface area contributed by atoms with Crippen LogP contribution >= 0.6 is 27.5 Å². The Morgan fingerprint density at radius 2 is 2.11 bits per heavy atom. The van der Waals surface area contributed by atoms with E-state index in [9.17, 15) is 8.42 Å². The molecular weight excluding hydrogens is 352 g/mol. The van der Waals surface area contributed by atoms with Crippen molar-refractivity contribution in [3.63, 3.8) is 0 Å². The highest BCUT2D eigenvalue weighted by molar-refractivity contribution is 9.10. The van der Waals surface area contributed by atoms with Gasteiger partial charge in [-0.25, -0.2) is 8.42 Å². The van der Waals surface area contributed by atoms with Gasteiger partial charge in [-0.3, -0.25) is 4.72 Å². The van der Waals surface area contributed by atoms with Crippen molar-refractivity contribution >= 4 is 43.2 Å². The van der Waals surface area contributed by atoms with E-state index in [-0.39, 0.29) is 0 Å². The first-order valence-corrected chi connectivity index (χ1v) is 8.76. The van der Waals surface area contributed by atoms with Gasteiger partial charge >= 0.3 is 0 Å². The lowest BCUT2D eigenvalue weighted by Gasteiger charge is -2.16. The van der Waals surface area contributed by atoms with Crippen molar-refractivity contribution in [1.29, 1.82) is 0 Å². The van der Waals surface area contributed by atoms with Crippen LogP contribution in [0.5, 0.6) is 0 Å². The Kier molecular flexibility index (Phi) is 6.59. The van der Waals surface area contributed by atoms with E-state index in [0.29, 0.717) is 17.3 Å². The molecule has 0 aliphatic heterocycles. The Morgan fingerprint density at radius 3 is 2.68 bits per heavy atom. The maximum atomic E-state index is 12.1. The number of anilines is 1. The largest absolute Gasteiger partial charge is 0.315 e. The van der Waals surface area contributed by atoms with Gasteiger partial charge in [-0.15, -0.1) is 0 Å². The van der Waals surface area contributed by atoms with E-state index in [1.54, 1.807) is 25.1 Å². The van der Waals surface area contributed by atoms with Gasteiger partial charge in [0.25, 0.3) is 0 Å². The fraction of sp³-hybridized carbons (Fsp3) is 0.500. The van der Waals surface area contributed by atoms with Crippen LogP contribution in [0.2, 0.25) is 5.02 Å². The van der Waals surface area contributed by atoms with E-state index >= 15 is 0 Å². The quantitative estimate of drug-likeness (QED) is 0.725. The Labute approximate surface area is 128 Å². The predicted molar refractivity (Wildman–Crippen MR) is 84.3 cm³/mol. The summed E-state index contributed by atoms with van der Waals surface area (Å²) in [6.45, 7) is 4.92. The van der Waals surface area contributed by atoms with Crippen molar-refractivity contribution in [2.75, 3.05) is 17.8 Å². The Morgan fingerprint density at radius 1 is 1.42 bits per heavy atom. The summed E-state index contributed by atoms with van der Waals surface area (Å²) in [5, 5.41) is 2.93. The van der Waals surface area contributed by atoms with E-state index in [2.05, 4.69) is 26.0 Å². The fourth-order valence-corrected chi connectivity index (χ4v) is 3.22. The highest BCUT2D eigenvalue weighted by atomic mass is 79.9. The number of halogens is 2. The summed E-state index contributed by atoms with van der Waals surface area (Å²) in [6, 6.07) is 5.03. The minimum atomic E-state index is -3.44. The van der Waals surface area contributed by atoms with Gasteiger partial charge < -0.3 is 5.32 Å². The minimum absolute atomic E-state index is 0.367. The molecule has 0 spiro atoms. The summed E-state index contributed by atoms with van der Waals surface area (Å²) in [6.07, 6.45) is 0.971. The molecule has 4 nitrogen and oxygen atoms in total. The summed E-state index contributed by atoms with van der Waals surface area (Å²) in [7, 11) is -3.44. The lowest BCUT2D eigenvalue weighted by molar-refractivity contribution is 0.576. The van der Waals surface area contributed by atoms with Crippen LogP contribution in [0.15, 0.2) is 22.7 Å². The van der Waals surface area contributed by atoms with Gasteiger partial charge in [0.05, 0.1) is 16.0 Å². The standard InChI is InChI=1S/C12H18BrClN2O2S/c1-3-6-15-8-9(2)19(17,18)16-12-5-4-10(13)7-11(12)14/h4-5,7,9,15-16H,3,6,8H2,1-2H3. The summed E-state index contributed by atoms with van der Waals surface area (Å²) in [4.78, 5) is 0. The first kappa shape index (κ1) is 16.8. The molecule has 0 radical (unpaired) electrons. The average molecular weight is 370 g/mol. The number of sulfonamides is 1. The normalized spacial score (nSPS) is 13.3. The minimum Gasteiger partial charge on any atom is -0.315 e. The second-order valence-electron chi connectivity index (χ2n) is 4.29. The molecule has 1 rings (SSSR count). The third-order valence-electron chi connectivity index (χ3n) is 2.57. The van der Waals surface area contributed by atoms with Crippen LogP contribution in [0.1, 0.15) is 20.3 Å². The fourth-order valence-electron chi connectivity index (χ4n) is 1.42. The molecule has 0 amide bonds. The number of rotatable bonds is 7. The van der Waals surface area contributed by atoms with Crippen LogP contribution < -0.4 is 10.0 Å². The smallest absolute Gasteiger partial charge is 0.236 e. The van der Waals surface area contributed by atoms with Gasteiger partial charge in [-0.2, -0.15) is 0 Å². The Bertz CT molecular complexity index is 522. The average Bonchev–Trinajstić information content (AvgIpc) is 2.33. The maximum absolute atomic E-state index is 12.1. The van der Waals surface area contributed by atoms with Gasteiger partial charge in [0, 0.05) is 11.0 Å². The topological polar surface area (TPSA) is 58.2 Å². The Hall–Kier alpha value is -0.300. The molecule has 0 aliphatic rings. The number of hydrogen-bond donors (Lipinski definition) is 2. The second-order valence-corrected chi connectivity index (χ2v) is 7.71. The van der Waals surface area contributed by atoms with Gasteiger partial charge in [-0.1, -0.05) is 34.5 Å². The molecule has 108 valence electrons. The monoisotopic (exact) mass is 368 g/mol. The van der Waals surface area contributed by atoms with Crippen molar-refractivity contribution in [3.05, 3.63) is 27.7 Å². The molecule has 1 atom stereocenters. The zero-order valence-corrected chi connectivity index (χ0v) is 14.1. The van der Waals surface area contributed by atoms with Crippen molar-refractivity contribution in [3.8, 4) is 0 Å². The van der Waals surface area contributed by atoms with Crippen LogP contribution in [0.3, 0.4) is 0 Å². The van der Waals surface area contributed by atoms with Crippen molar-refractivity contribution < 1.29 is 8.42 Å². The number of nitrogens with one attached hydrogen (secondary N) is 2. The van der Waals surface area contributed by atoms with Gasteiger partial charge in [0.1, 0.15) is 0 Å². The van der Waals surface area contributed by atoms with Crippen LogP contribution in [-0.2, 0) is 10.0 Å². The molecule has 0 aromatic heterocycles. The molecule has 19 heavy (non-hydrogen) atoms. The van der Waals surface area contributed by atoms with Crippen molar-refractivity contribution in [1.82, 2.24) is 5.32 Å². The zero-order valence-electron chi connectivity index (χ0n) is 10.9. The van der Waals surface area contributed by atoms with Gasteiger partial charge in [-0.05, 0) is 38.1 Å². The summed E-state index contributed by atoms with van der Waals surface area (Å²) >= 11 is 9.27. The molecule has 0 bridgehead atoms. The van der Waals surface area contributed by atoms with E-state index in [0.717, 1.165) is 17.4 Å². The molecule has 0 saturated carbocycles. The van der Waals surface area contributed by atoms with E-state index < -0.39 is 15.3 Å². The molecule has 7 heteroatoms. The maximum Gasteiger partial charge on any atom is 0.236 e. The lowest BCUT2D eigenvalue weighted by atomic mass is 10.3. The molecule has 0 heterocycles. The molecule has 2 N–H and O–H groups in total. The van der Waals surface area contributed by atoms with Crippen molar-refractivity contribution in [2.45, 2.75) is 25.5 Å². The third kappa shape index (κ3) is 5.30. The number of benzene rings is 1. The molecular formula is C12H18BrClN2O2S.